The molecule has 15 heavy (non-hydrogen) atoms. The van der Waals surface area contributed by atoms with Gasteiger partial charge >= 0.3 is 0 Å². The van der Waals surface area contributed by atoms with Gasteiger partial charge in [0.15, 0.2) is 0 Å². The molecule has 0 bridgehead atoms. The van der Waals surface area contributed by atoms with Gasteiger partial charge in [0, 0.05) is 24.3 Å². The van der Waals surface area contributed by atoms with E-state index in [9.17, 15) is 4.79 Å². The molecule has 0 aliphatic heterocycles. The fraction of sp³-hybridized carbons (Fsp3) is 0.300. The Hall–Kier alpha value is -0.740. The molecule has 0 saturated carbocycles. The SMILES string of the molecule is CN(C)C(=O)CNc1ccc(Cl)c(Br)c1. The number of halogens is 2. The van der Waals surface area contributed by atoms with Gasteiger partial charge in [0.1, 0.15) is 0 Å². The molecule has 0 saturated heterocycles. The van der Waals surface area contributed by atoms with Crippen molar-refractivity contribution in [2.24, 2.45) is 0 Å². The van der Waals surface area contributed by atoms with E-state index in [1.165, 1.54) is 4.90 Å². The first-order valence-corrected chi connectivity index (χ1v) is 5.57. The minimum atomic E-state index is 0.0288. The number of nitrogens with one attached hydrogen (secondary N) is 1. The molecule has 0 atom stereocenters. The molecule has 0 radical (unpaired) electrons. The molecule has 1 rings (SSSR count). The highest BCUT2D eigenvalue weighted by atomic mass is 79.9. The van der Waals surface area contributed by atoms with Crippen LogP contribution in [0.4, 0.5) is 5.69 Å². The lowest BCUT2D eigenvalue weighted by atomic mass is 10.3. The molecule has 0 unspecified atom stereocenters. The summed E-state index contributed by atoms with van der Waals surface area (Å²) in [5, 5.41) is 3.67. The van der Waals surface area contributed by atoms with Crippen LogP contribution < -0.4 is 5.32 Å². The van der Waals surface area contributed by atoms with Crippen LogP contribution in [0.25, 0.3) is 0 Å². The second-order valence-corrected chi connectivity index (χ2v) is 4.53. The predicted molar refractivity (Wildman–Crippen MR) is 66.3 cm³/mol. The summed E-state index contributed by atoms with van der Waals surface area (Å²) in [7, 11) is 3.45. The third-order valence-electron chi connectivity index (χ3n) is 1.86. The van der Waals surface area contributed by atoms with E-state index in [1.807, 2.05) is 12.1 Å². The number of carbonyl (C=O) groups excluding carboxylic acids is 1. The number of likely N-dealkylation sites (N-methyl/N-ethyl adjacent to an activating group) is 1. The largest absolute Gasteiger partial charge is 0.376 e. The van der Waals surface area contributed by atoms with Gasteiger partial charge < -0.3 is 10.2 Å². The topological polar surface area (TPSA) is 32.3 Å². The maximum absolute atomic E-state index is 11.3. The van der Waals surface area contributed by atoms with Crippen LogP contribution in [0, 0.1) is 0 Å². The highest BCUT2D eigenvalue weighted by molar-refractivity contribution is 9.10. The monoisotopic (exact) mass is 290 g/mol. The molecular formula is C10H12BrClN2O. The number of rotatable bonds is 3. The average Bonchev–Trinajstić information content (AvgIpc) is 2.19. The summed E-state index contributed by atoms with van der Waals surface area (Å²) in [4.78, 5) is 12.8. The molecule has 0 fully saturated rings. The lowest BCUT2D eigenvalue weighted by molar-refractivity contribution is -0.126. The molecule has 0 aromatic heterocycles. The Labute approximate surface area is 103 Å². The summed E-state index contributed by atoms with van der Waals surface area (Å²) >= 11 is 9.16. The van der Waals surface area contributed by atoms with Crippen molar-refractivity contribution < 1.29 is 4.79 Å². The van der Waals surface area contributed by atoms with Crippen molar-refractivity contribution in [2.45, 2.75) is 0 Å². The summed E-state index contributed by atoms with van der Waals surface area (Å²) in [6.45, 7) is 0.279. The molecule has 0 aliphatic rings. The lowest BCUT2D eigenvalue weighted by Gasteiger charge is -2.12. The van der Waals surface area contributed by atoms with Crippen LogP contribution >= 0.6 is 27.5 Å². The van der Waals surface area contributed by atoms with Gasteiger partial charge in [0.25, 0.3) is 0 Å². The zero-order valence-corrected chi connectivity index (χ0v) is 10.9. The third-order valence-corrected chi connectivity index (χ3v) is 3.08. The highest BCUT2D eigenvalue weighted by Gasteiger charge is 2.04. The minimum absolute atomic E-state index is 0.0288. The Morgan fingerprint density at radius 3 is 2.73 bits per heavy atom. The average molecular weight is 292 g/mol. The number of benzene rings is 1. The van der Waals surface area contributed by atoms with E-state index in [2.05, 4.69) is 21.2 Å². The van der Waals surface area contributed by atoms with Gasteiger partial charge in [-0.25, -0.2) is 0 Å². The summed E-state index contributed by atoms with van der Waals surface area (Å²) in [5.74, 6) is 0.0288. The first kappa shape index (κ1) is 12.3. The van der Waals surface area contributed by atoms with E-state index in [0.29, 0.717) is 5.02 Å². The van der Waals surface area contributed by atoms with Crippen LogP contribution in [0.3, 0.4) is 0 Å². The van der Waals surface area contributed by atoms with Crippen molar-refractivity contribution in [3.63, 3.8) is 0 Å². The van der Waals surface area contributed by atoms with Crippen molar-refractivity contribution in [1.82, 2.24) is 4.90 Å². The van der Waals surface area contributed by atoms with Crippen molar-refractivity contribution in [3.05, 3.63) is 27.7 Å². The summed E-state index contributed by atoms with van der Waals surface area (Å²) in [5.41, 5.74) is 0.862. The van der Waals surface area contributed by atoms with E-state index < -0.39 is 0 Å². The number of hydrogen-bond acceptors (Lipinski definition) is 2. The lowest BCUT2D eigenvalue weighted by Crippen LogP contribution is -2.28. The Morgan fingerprint density at radius 2 is 2.20 bits per heavy atom. The number of hydrogen-bond donors (Lipinski definition) is 1. The van der Waals surface area contributed by atoms with Crippen LogP contribution in [0.15, 0.2) is 22.7 Å². The van der Waals surface area contributed by atoms with Gasteiger partial charge in [-0.2, -0.15) is 0 Å². The third kappa shape index (κ3) is 3.72. The predicted octanol–water partition coefficient (Wildman–Crippen LogP) is 2.60. The number of carbonyl (C=O) groups is 1. The molecule has 0 aliphatic carbocycles. The van der Waals surface area contributed by atoms with E-state index >= 15 is 0 Å². The van der Waals surface area contributed by atoms with Crippen molar-refractivity contribution in [1.29, 1.82) is 0 Å². The quantitative estimate of drug-likeness (QED) is 0.928. The summed E-state index contributed by atoms with van der Waals surface area (Å²) in [6, 6.07) is 5.44. The number of amides is 1. The Morgan fingerprint density at radius 1 is 1.53 bits per heavy atom. The molecule has 1 N–H and O–H groups in total. The zero-order valence-electron chi connectivity index (χ0n) is 8.55. The van der Waals surface area contributed by atoms with Crippen LogP contribution in [0.1, 0.15) is 0 Å². The molecule has 0 spiro atoms. The van der Waals surface area contributed by atoms with E-state index in [0.717, 1.165) is 10.2 Å². The van der Waals surface area contributed by atoms with E-state index in [4.69, 9.17) is 11.6 Å². The molecule has 1 aromatic rings. The molecule has 1 aromatic carbocycles. The fourth-order valence-corrected chi connectivity index (χ4v) is 1.44. The van der Waals surface area contributed by atoms with Crippen LogP contribution in [0.2, 0.25) is 5.02 Å². The molecule has 0 heterocycles. The molecular weight excluding hydrogens is 279 g/mol. The Balaban J connectivity index is 2.58. The van der Waals surface area contributed by atoms with Gasteiger partial charge in [-0.15, -0.1) is 0 Å². The van der Waals surface area contributed by atoms with Gasteiger partial charge in [0.05, 0.1) is 11.6 Å². The maximum Gasteiger partial charge on any atom is 0.241 e. The summed E-state index contributed by atoms with van der Waals surface area (Å²) < 4.78 is 0.812. The van der Waals surface area contributed by atoms with Gasteiger partial charge in [-0.1, -0.05) is 11.6 Å². The second-order valence-electron chi connectivity index (χ2n) is 3.27. The Kier molecular flexibility index (Phi) is 4.42. The van der Waals surface area contributed by atoms with Crippen molar-refractivity contribution in [3.8, 4) is 0 Å². The second kappa shape index (κ2) is 5.37. The van der Waals surface area contributed by atoms with E-state index in [-0.39, 0.29) is 12.5 Å². The van der Waals surface area contributed by atoms with Crippen LogP contribution in [-0.2, 0) is 4.79 Å². The standard InChI is InChI=1S/C10H12BrClN2O/c1-14(2)10(15)6-13-7-3-4-9(12)8(11)5-7/h3-5,13H,6H2,1-2H3. The summed E-state index contributed by atoms with van der Waals surface area (Å²) in [6.07, 6.45) is 0. The van der Waals surface area contributed by atoms with Crippen molar-refractivity contribution >= 4 is 39.1 Å². The first-order chi connectivity index (χ1) is 7.00. The zero-order chi connectivity index (χ0) is 11.4. The van der Waals surface area contributed by atoms with Crippen LogP contribution in [0.5, 0.6) is 0 Å². The van der Waals surface area contributed by atoms with Crippen molar-refractivity contribution in [2.75, 3.05) is 26.0 Å². The van der Waals surface area contributed by atoms with E-state index in [1.54, 1.807) is 20.2 Å². The maximum atomic E-state index is 11.3. The normalized spacial score (nSPS) is 9.87. The number of nitrogens with zero attached hydrogens (tertiary/aromatic N) is 1. The van der Waals surface area contributed by atoms with Crippen LogP contribution in [-0.4, -0.2) is 31.4 Å². The number of anilines is 1. The minimum Gasteiger partial charge on any atom is -0.376 e. The Bertz CT molecular complexity index is 368. The molecule has 5 heteroatoms. The molecule has 3 nitrogen and oxygen atoms in total. The molecule has 82 valence electrons. The van der Waals surface area contributed by atoms with Gasteiger partial charge in [0.2, 0.25) is 5.91 Å². The fourth-order valence-electron chi connectivity index (χ4n) is 0.942. The smallest absolute Gasteiger partial charge is 0.241 e. The molecule has 1 amide bonds. The van der Waals surface area contributed by atoms with Gasteiger partial charge in [-0.3, -0.25) is 4.79 Å². The van der Waals surface area contributed by atoms with Gasteiger partial charge in [-0.05, 0) is 34.1 Å². The first-order valence-electron chi connectivity index (χ1n) is 4.40. The highest BCUT2D eigenvalue weighted by Crippen LogP contribution is 2.25.